The van der Waals surface area contributed by atoms with Gasteiger partial charge < -0.3 is 9.47 Å². The van der Waals surface area contributed by atoms with Crippen LogP contribution in [0.25, 0.3) is 0 Å². The summed E-state index contributed by atoms with van der Waals surface area (Å²) in [5.41, 5.74) is -0.0902. The summed E-state index contributed by atoms with van der Waals surface area (Å²) in [6.45, 7) is 0. The minimum Gasteiger partial charge on any atom is -0.467 e. The normalized spacial score (nSPS) is 32.3. The standard InChI is InChI=1S/C8H12O3/c1-10-7(9)6-8(11-6)4-2-3-5-8/h6H,2-5H2,1H3. The Bertz CT molecular complexity index is 182. The Morgan fingerprint density at radius 3 is 2.73 bits per heavy atom. The monoisotopic (exact) mass is 156 g/mol. The zero-order valence-electron chi connectivity index (χ0n) is 6.63. The lowest BCUT2D eigenvalue weighted by molar-refractivity contribution is -0.142. The lowest BCUT2D eigenvalue weighted by atomic mass is 10.0. The Balaban J connectivity index is 1.97. The van der Waals surface area contributed by atoms with Crippen molar-refractivity contribution in [1.82, 2.24) is 0 Å². The second-order valence-corrected chi connectivity index (χ2v) is 3.29. The van der Waals surface area contributed by atoms with Gasteiger partial charge in [0.25, 0.3) is 0 Å². The topological polar surface area (TPSA) is 38.8 Å². The second kappa shape index (κ2) is 2.21. The van der Waals surface area contributed by atoms with Crippen molar-refractivity contribution in [2.75, 3.05) is 7.11 Å². The van der Waals surface area contributed by atoms with Gasteiger partial charge in [0.2, 0.25) is 0 Å². The third-order valence-electron chi connectivity index (χ3n) is 2.64. The average molecular weight is 156 g/mol. The van der Waals surface area contributed by atoms with Gasteiger partial charge in [0.05, 0.1) is 7.11 Å². The van der Waals surface area contributed by atoms with Crippen molar-refractivity contribution in [1.29, 1.82) is 0 Å². The number of methoxy groups -OCH3 is 1. The molecule has 1 atom stereocenters. The van der Waals surface area contributed by atoms with Crippen LogP contribution in [0.4, 0.5) is 0 Å². The first-order chi connectivity index (χ1) is 5.28. The van der Waals surface area contributed by atoms with E-state index in [1.54, 1.807) is 0 Å². The predicted octanol–water partition coefficient (Wildman–Crippen LogP) is 0.871. The molecule has 0 aromatic heterocycles. The van der Waals surface area contributed by atoms with Gasteiger partial charge in [0, 0.05) is 0 Å². The first-order valence-corrected chi connectivity index (χ1v) is 4.04. The highest BCUT2D eigenvalue weighted by Crippen LogP contribution is 2.49. The van der Waals surface area contributed by atoms with E-state index in [1.165, 1.54) is 20.0 Å². The molecule has 0 bridgehead atoms. The Morgan fingerprint density at radius 1 is 1.55 bits per heavy atom. The Hall–Kier alpha value is -0.570. The number of carbonyl (C=O) groups excluding carboxylic acids is 1. The predicted molar refractivity (Wildman–Crippen MR) is 38.1 cm³/mol. The Kier molecular flexibility index (Phi) is 1.42. The number of hydrogen-bond donors (Lipinski definition) is 0. The van der Waals surface area contributed by atoms with Crippen LogP contribution in [0, 0.1) is 0 Å². The molecule has 0 aromatic carbocycles. The fraction of sp³-hybridized carbons (Fsp3) is 0.875. The largest absolute Gasteiger partial charge is 0.467 e. The van der Waals surface area contributed by atoms with E-state index in [0.717, 1.165) is 12.8 Å². The van der Waals surface area contributed by atoms with Crippen molar-refractivity contribution in [2.45, 2.75) is 37.4 Å². The second-order valence-electron chi connectivity index (χ2n) is 3.29. The molecule has 2 fully saturated rings. The van der Waals surface area contributed by atoms with Gasteiger partial charge in [-0.3, -0.25) is 0 Å². The summed E-state index contributed by atoms with van der Waals surface area (Å²) in [5.74, 6) is -0.202. The van der Waals surface area contributed by atoms with Crippen molar-refractivity contribution in [3.05, 3.63) is 0 Å². The highest BCUT2D eigenvalue weighted by atomic mass is 16.7. The quantitative estimate of drug-likeness (QED) is 0.417. The molecule has 1 saturated heterocycles. The van der Waals surface area contributed by atoms with Gasteiger partial charge in [0.15, 0.2) is 6.10 Å². The molecule has 1 heterocycles. The fourth-order valence-corrected chi connectivity index (χ4v) is 1.92. The van der Waals surface area contributed by atoms with Crippen molar-refractivity contribution >= 4 is 5.97 Å². The van der Waals surface area contributed by atoms with Gasteiger partial charge in [-0.2, -0.15) is 0 Å². The van der Waals surface area contributed by atoms with Gasteiger partial charge >= 0.3 is 5.97 Å². The van der Waals surface area contributed by atoms with E-state index in [4.69, 9.17) is 4.74 Å². The van der Waals surface area contributed by atoms with Crippen molar-refractivity contribution < 1.29 is 14.3 Å². The molecule has 2 aliphatic rings. The maximum absolute atomic E-state index is 11.0. The number of hydrogen-bond acceptors (Lipinski definition) is 3. The lowest BCUT2D eigenvalue weighted by Crippen LogP contribution is -2.18. The van der Waals surface area contributed by atoms with Crippen LogP contribution in [0.1, 0.15) is 25.7 Å². The summed E-state index contributed by atoms with van der Waals surface area (Å²) in [4.78, 5) is 11.0. The molecule has 11 heavy (non-hydrogen) atoms. The van der Waals surface area contributed by atoms with Crippen LogP contribution in [0.5, 0.6) is 0 Å². The summed E-state index contributed by atoms with van der Waals surface area (Å²) in [6, 6.07) is 0. The lowest BCUT2D eigenvalue weighted by Gasteiger charge is -1.98. The van der Waals surface area contributed by atoms with Crippen molar-refractivity contribution in [3.8, 4) is 0 Å². The first-order valence-electron chi connectivity index (χ1n) is 4.04. The number of ether oxygens (including phenoxy) is 2. The highest BCUT2D eigenvalue weighted by molar-refractivity contribution is 5.79. The molecule has 0 radical (unpaired) electrons. The van der Waals surface area contributed by atoms with Crippen LogP contribution in [-0.4, -0.2) is 24.8 Å². The summed E-state index contributed by atoms with van der Waals surface area (Å²) in [6.07, 6.45) is 4.20. The van der Waals surface area contributed by atoms with Crippen LogP contribution < -0.4 is 0 Å². The maximum atomic E-state index is 11.0. The molecule has 0 amide bonds. The summed E-state index contributed by atoms with van der Waals surface area (Å²) in [5, 5.41) is 0. The number of carbonyl (C=O) groups is 1. The molecule has 1 aliphatic carbocycles. The van der Waals surface area contributed by atoms with Crippen LogP contribution in [0.3, 0.4) is 0 Å². The summed E-state index contributed by atoms with van der Waals surface area (Å²) < 4.78 is 9.94. The minimum absolute atomic E-state index is 0.0902. The average Bonchev–Trinajstić information content (AvgIpc) is 2.48. The molecule has 0 aromatic rings. The van der Waals surface area contributed by atoms with E-state index in [9.17, 15) is 4.79 Å². The molecule has 1 saturated carbocycles. The van der Waals surface area contributed by atoms with Gasteiger partial charge in [-0.1, -0.05) is 12.8 Å². The molecular weight excluding hydrogens is 144 g/mol. The molecule has 0 N–H and O–H groups in total. The van der Waals surface area contributed by atoms with Crippen LogP contribution >= 0.6 is 0 Å². The molecule has 1 unspecified atom stereocenters. The van der Waals surface area contributed by atoms with Crippen LogP contribution in [-0.2, 0) is 14.3 Å². The minimum atomic E-state index is -0.241. The van der Waals surface area contributed by atoms with E-state index < -0.39 is 0 Å². The van der Waals surface area contributed by atoms with Gasteiger partial charge in [-0.25, -0.2) is 4.79 Å². The van der Waals surface area contributed by atoms with Gasteiger partial charge in [-0.05, 0) is 12.8 Å². The van der Waals surface area contributed by atoms with E-state index in [2.05, 4.69) is 4.74 Å². The van der Waals surface area contributed by atoms with Crippen LogP contribution in [0.15, 0.2) is 0 Å². The Morgan fingerprint density at radius 2 is 2.18 bits per heavy atom. The van der Waals surface area contributed by atoms with Gasteiger partial charge in [-0.15, -0.1) is 0 Å². The molecule has 3 nitrogen and oxygen atoms in total. The van der Waals surface area contributed by atoms with E-state index in [0.29, 0.717) is 0 Å². The maximum Gasteiger partial charge on any atom is 0.338 e. The third-order valence-corrected chi connectivity index (χ3v) is 2.64. The molecule has 1 aliphatic heterocycles. The van der Waals surface area contributed by atoms with Gasteiger partial charge in [0.1, 0.15) is 5.60 Å². The smallest absolute Gasteiger partial charge is 0.338 e. The van der Waals surface area contributed by atoms with Crippen LogP contribution in [0.2, 0.25) is 0 Å². The van der Waals surface area contributed by atoms with Crippen molar-refractivity contribution in [3.63, 3.8) is 0 Å². The SMILES string of the molecule is COC(=O)C1OC12CCCC2. The number of epoxide rings is 1. The fourth-order valence-electron chi connectivity index (χ4n) is 1.92. The van der Waals surface area contributed by atoms with E-state index in [1.807, 2.05) is 0 Å². The molecule has 62 valence electrons. The highest BCUT2D eigenvalue weighted by Gasteiger charge is 2.62. The zero-order valence-corrected chi connectivity index (χ0v) is 6.63. The van der Waals surface area contributed by atoms with Crippen molar-refractivity contribution in [2.24, 2.45) is 0 Å². The molecule has 1 spiro atoms. The number of esters is 1. The van der Waals surface area contributed by atoms with E-state index >= 15 is 0 Å². The first kappa shape index (κ1) is 7.10. The molecule has 3 heteroatoms. The Labute approximate surface area is 65.7 Å². The molecule has 2 rings (SSSR count). The summed E-state index contributed by atoms with van der Waals surface area (Å²) in [7, 11) is 1.41. The van der Waals surface area contributed by atoms with E-state index in [-0.39, 0.29) is 17.7 Å². The third kappa shape index (κ3) is 0.948. The zero-order chi connectivity index (χ0) is 7.90. The summed E-state index contributed by atoms with van der Waals surface area (Å²) >= 11 is 0. The molecular formula is C8H12O3. The number of rotatable bonds is 1.